The minimum atomic E-state index is -1.02. The van der Waals surface area contributed by atoms with E-state index in [4.69, 9.17) is 0 Å². The Morgan fingerprint density at radius 2 is 2.19 bits per heavy atom. The summed E-state index contributed by atoms with van der Waals surface area (Å²) < 4.78 is 26.0. The van der Waals surface area contributed by atoms with Gasteiger partial charge in [0, 0.05) is 23.9 Å². The van der Waals surface area contributed by atoms with Crippen molar-refractivity contribution >= 4 is 29.3 Å². The fourth-order valence-corrected chi connectivity index (χ4v) is 4.25. The van der Waals surface area contributed by atoms with E-state index in [1.165, 1.54) is 6.07 Å². The summed E-state index contributed by atoms with van der Waals surface area (Å²) >= 11 is 1.58. The van der Waals surface area contributed by atoms with Crippen molar-refractivity contribution in [1.82, 2.24) is 4.90 Å². The number of nitrogens with one attached hydrogen (secondary N) is 1. The number of anilines is 1. The predicted molar refractivity (Wildman–Crippen MR) is 75.7 cm³/mol. The second kappa shape index (κ2) is 4.98. The molecule has 2 amide bonds. The molecule has 2 atom stereocenters. The van der Waals surface area contributed by atoms with E-state index in [9.17, 15) is 18.4 Å². The van der Waals surface area contributed by atoms with E-state index in [1.54, 1.807) is 16.7 Å². The van der Waals surface area contributed by atoms with E-state index in [0.29, 0.717) is 12.2 Å². The Morgan fingerprint density at radius 3 is 2.90 bits per heavy atom. The van der Waals surface area contributed by atoms with Crippen LogP contribution in [0.2, 0.25) is 0 Å². The predicted octanol–water partition coefficient (Wildman–Crippen LogP) is 2.36. The average molecular weight is 312 g/mol. The molecule has 1 aromatic rings. The Morgan fingerprint density at radius 1 is 1.43 bits per heavy atom. The Labute approximate surface area is 124 Å². The third kappa shape index (κ3) is 2.39. The van der Waals surface area contributed by atoms with Crippen LogP contribution in [0.25, 0.3) is 0 Å². The minimum absolute atomic E-state index is 0.0343. The quantitative estimate of drug-likeness (QED) is 0.912. The number of rotatable bonds is 2. The lowest BCUT2D eigenvalue weighted by molar-refractivity contribution is -0.135. The molecular formula is C14H14F2N2O2S. The van der Waals surface area contributed by atoms with E-state index in [2.05, 4.69) is 5.32 Å². The molecule has 112 valence electrons. The summed E-state index contributed by atoms with van der Waals surface area (Å²) in [6.45, 7) is 1.95. The van der Waals surface area contributed by atoms with Gasteiger partial charge in [-0.2, -0.15) is 0 Å². The number of amides is 2. The van der Waals surface area contributed by atoms with E-state index < -0.39 is 17.7 Å². The summed E-state index contributed by atoms with van der Waals surface area (Å²) in [6.07, 6.45) is 1.17. The Hall–Kier alpha value is -1.63. The summed E-state index contributed by atoms with van der Waals surface area (Å²) in [7, 11) is 0. The SMILES string of the molecule is C[C@]12CCC(=O)N1[C@@H](C(=O)Nc1ccc(F)c(F)c1)CS2. The first-order valence-corrected chi connectivity index (χ1v) is 7.61. The van der Waals surface area contributed by atoms with Crippen molar-refractivity contribution in [1.29, 1.82) is 0 Å². The number of carbonyl (C=O) groups excluding carboxylic acids is 2. The lowest BCUT2D eigenvalue weighted by Crippen LogP contribution is -2.48. The summed E-state index contributed by atoms with van der Waals surface area (Å²) in [4.78, 5) is 25.5. The smallest absolute Gasteiger partial charge is 0.248 e. The standard InChI is InChI=1S/C14H14F2N2O2S/c1-14-5-4-12(19)18(14)11(7-21-14)13(20)17-8-2-3-9(15)10(16)6-8/h2-3,6,11H,4-5,7H2,1H3,(H,17,20)/t11-,14+/m1/s1. The van der Waals surface area contributed by atoms with Gasteiger partial charge in [0.2, 0.25) is 11.8 Å². The van der Waals surface area contributed by atoms with Gasteiger partial charge in [-0.1, -0.05) is 0 Å². The second-order valence-corrected chi connectivity index (χ2v) is 6.89. The molecule has 7 heteroatoms. The highest BCUT2D eigenvalue weighted by atomic mass is 32.2. The molecule has 1 aromatic carbocycles. The maximum absolute atomic E-state index is 13.1. The summed E-state index contributed by atoms with van der Waals surface area (Å²) in [6, 6.07) is 2.62. The van der Waals surface area contributed by atoms with Crippen molar-refractivity contribution in [3.63, 3.8) is 0 Å². The maximum atomic E-state index is 13.1. The van der Waals surface area contributed by atoms with Crippen molar-refractivity contribution in [2.45, 2.75) is 30.7 Å². The molecule has 0 aliphatic carbocycles. The number of nitrogens with zero attached hydrogens (tertiary/aromatic N) is 1. The monoisotopic (exact) mass is 312 g/mol. The number of hydrogen-bond acceptors (Lipinski definition) is 3. The van der Waals surface area contributed by atoms with Crippen molar-refractivity contribution in [3.05, 3.63) is 29.8 Å². The molecule has 0 radical (unpaired) electrons. The fraction of sp³-hybridized carbons (Fsp3) is 0.429. The van der Waals surface area contributed by atoms with Crippen LogP contribution >= 0.6 is 11.8 Å². The molecule has 2 heterocycles. The van der Waals surface area contributed by atoms with Gasteiger partial charge in [0.15, 0.2) is 11.6 Å². The highest BCUT2D eigenvalue weighted by molar-refractivity contribution is 8.01. The van der Waals surface area contributed by atoms with Crippen LogP contribution in [0, 0.1) is 11.6 Å². The van der Waals surface area contributed by atoms with Crippen LogP contribution in [-0.4, -0.2) is 33.4 Å². The fourth-order valence-electron chi connectivity index (χ4n) is 2.81. The maximum Gasteiger partial charge on any atom is 0.248 e. The van der Waals surface area contributed by atoms with Gasteiger partial charge in [0.05, 0.1) is 4.87 Å². The molecule has 0 bridgehead atoms. The highest BCUT2D eigenvalue weighted by Gasteiger charge is 2.52. The van der Waals surface area contributed by atoms with Gasteiger partial charge in [-0.25, -0.2) is 8.78 Å². The van der Waals surface area contributed by atoms with Gasteiger partial charge < -0.3 is 10.2 Å². The van der Waals surface area contributed by atoms with Crippen LogP contribution in [-0.2, 0) is 9.59 Å². The van der Waals surface area contributed by atoms with Crippen LogP contribution < -0.4 is 5.32 Å². The topological polar surface area (TPSA) is 49.4 Å². The first kappa shape index (κ1) is 14.3. The van der Waals surface area contributed by atoms with Crippen LogP contribution in [0.1, 0.15) is 19.8 Å². The normalized spacial score (nSPS) is 27.9. The third-order valence-corrected chi connectivity index (χ3v) is 5.44. The minimum Gasteiger partial charge on any atom is -0.324 e. The van der Waals surface area contributed by atoms with Gasteiger partial charge in [-0.05, 0) is 25.5 Å². The second-order valence-electron chi connectivity index (χ2n) is 5.38. The first-order chi connectivity index (χ1) is 9.90. The van der Waals surface area contributed by atoms with Gasteiger partial charge in [0.25, 0.3) is 0 Å². The lowest BCUT2D eigenvalue weighted by Gasteiger charge is -2.29. The molecule has 21 heavy (non-hydrogen) atoms. The van der Waals surface area contributed by atoms with Crippen molar-refractivity contribution in [2.24, 2.45) is 0 Å². The molecule has 4 nitrogen and oxygen atoms in total. The molecular weight excluding hydrogens is 298 g/mol. The van der Waals surface area contributed by atoms with Crippen molar-refractivity contribution in [3.8, 4) is 0 Å². The van der Waals surface area contributed by atoms with Crippen molar-refractivity contribution in [2.75, 3.05) is 11.1 Å². The third-order valence-electron chi connectivity index (χ3n) is 3.93. The zero-order valence-electron chi connectivity index (χ0n) is 11.4. The van der Waals surface area contributed by atoms with Crippen LogP contribution in [0.15, 0.2) is 18.2 Å². The number of halogens is 2. The average Bonchev–Trinajstić information content (AvgIpc) is 2.91. The first-order valence-electron chi connectivity index (χ1n) is 6.63. The van der Waals surface area contributed by atoms with Gasteiger partial charge in [0.1, 0.15) is 6.04 Å². The van der Waals surface area contributed by atoms with E-state index in [1.807, 2.05) is 6.92 Å². The van der Waals surface area contributed by atoms with Gasteiger partial charge in [-0.15, -0.1) is 11.8 Å². The van der Waals surface area contributed by atoms with Gasteiger partial charge in [-0.3, -0.25) is 9.59 Å². The zero-order chi connectivity index (χ0) is 15.2. The molecule has 1 N–H and O–H groups in total. The van der Waals surface area contributed by atoms with Crippen LogP contribution in [0.4, 0.5) is 14.5 Å². The van der Waals surface area contributed by atoms with Crippen LogP contribution in [0.3, 0.4) is 0 Å². The molecule has 0 aromatic heterocycles. The zero-order valence-corrected chi connectivity index (χ0v) is 12.2. The Kier molecular flexibility index (Phi) is 3.39. The highest BCUT2D eigenvalue weighted by Crippen LogP contribution is 2.47. The molecule has 2 saturated heterocycles. The van der Waals surface area contributed by atoms with Crippen LogP contribution in [0.5, 0.6) is 0 Å². The van der Waals surface area contributed by atoms with E-state index >= 15 is 0 Å². The molecule has 2 aliphatic rings. The molecule has 0 spiro atoms. The number of benzene rings is 1. The molecule has 3 rings (SSSR count). The summed E-state index contributed by atoms with van der Waals surface area (Å²) in [5.41, 5.74) is 0.184. The Bertz CT molecular complexity index is 625. The number of hydrogen-bond donors (Lipinski definition) is 1. The number of fused-ring (bicyclic) bond motifs is 1. The van der Waals surface area contributed by atoms with Crippen molar-refractivity contribution < 1.29 is 18.4 Å². The number of carbonyl (C=O) groups is 2. The largest absolute Gasteiger partial charge is 0.324 e. The van der Waals surface area contributed by atoms with E-state index in [0.717, 1.165) is 18.6 Å². The lowest BCUT2D eigenvalue weighted by atomic mass is 10.2. The molecule has 0 unspecified atom stereocenters. The van der Waals surface area contributed by atoms with Gasteiger partial charge >= 0.3 is 0 Å². The van der Waals surface area contributed by atoms with E-state index in [-0.39, 0.29) is 22.4 Å². The summed E-state index contributed by atoms with van der Waals surface area (Å²) in [5, 5.41) is 2.55. The summed E-state index contributed by atoms with van der Waals surface area (Å²) in [5.74, 6) is -1.87. The molecule has 2 fully saturated rings. The molecule has 0 saturated carbocycles. The molecule has 2 aliphatic heterocycles. The Balaban J connectivity index is 1.77. The number of thioether (sulfide) groups is 1.